The summed E-state index contributed by atoms with van der Waals surface area (Å²) in [7, 11) is 0. The molecule has 1 aliphatic rings. The minimum Gasteiger partial charge on any atom is -0.491 e. The van der Waals surface area contributed by atoms with E-state index in [1.54, 1.807) is 17.0 Å². The molecule has 0 aromatic heterocycles. The third-order valence-electron chi connectivity index (χ3n) is 4.62. The van der Waals surface area contributed by atoms with Crippen molar-refractivity contribution in [1.82, 2.24) is 4.90 Å². The number of hydrogen-bond donors (Lipinski definition) is 1. The van der Waals surface area contributed by atoms with Crippen LogP contribution in [0.1, 0.15) is 16.8 Å². The number of hydrogen-bond acceptors (Lipinski definition) is 4. The second kappa shape index (κ2) is 8.93. The van der Waals surface area contributed by atoms with Gasteiger partial charge in [-0.25, -0.2) is 4.39 Å². The average molecular weight is 406 g/mol. The Labute approximate surface area is 167 Å². The van der Waals surface area contributed by atoms with Gasteiger partial charge in [-0.3, -0.25) is 9.59 Å². The van der Waals surface area contributed by atoms with E-state index in [-0.39, 0.29) is 24.0 Å². The predicted molar refractivity (Wildman–Crippen MR) is 105 cm³/mol. The highest BCUT2D eigenvalue weighted by atomic mass is 35.5. The van der Waals surface area contributed by atoms with Crippen LogP contribution in [0, 0.1) is 5.82 Å². The molecule has 0 unspecified atom stereocenters. The lowest BCUT2D eigenvalue weighted by atomic mass is 10.1. The van der Waals surface area contributed by atoms with Crippen molar-refractivity contribution >= 4 is 29.1 Å². The maximum absolute atomic E-state index is 13.0. The van der Waals surface area contributed by atoms with Gasteiger partial charge >= 0.3 is 0 Å². The Morgan fingerprint density at radius 3 is 2.36 bits per heavy atom. The third kappa shape index (κ3) is 4.92. The Kier molecular flexibility index (Phi) is 6.36. The molecule has 0 radical (unpaired) electrons. The lowest BCUT2D eigenvalue weighted by molar-refractivity contribution is -0.132. The summed E-state index contributed by atoms with van der Waals surface area (Å²) in [5.41, 5.74) is 6.72. The van der Waals surface area contributed by atoms with Crippen molar-refractivity contribution in [3.8, 4) is 5.75 Å². The number of piperazine rings is 1. The van der Waals surface area contributed by atoms with E-state index in [4.69, 9.17) is 22.1 Å². The van der Waals surface area contributed by atoms with Crippen LogP contribution >= 0.6 is 11.6 Å². The van der Waals surface area contributed by atoms with E-state index in [1.165, 1.54) is 18.2 Å². The molecule has 1 fully saturated rings. The molecule has 2 aromatic rings. The van der Waals surface area contributed by atoms with Crippen molar-refractivity contribution in [2.45, 2.75) is 6.42 Å². The molecule has 0 saturated carbocycles. The molecule has 0 aliphatic carbocycles. The van der Waals surface area contributed by atoms with Crippen LogP contribution < -0.4 is 15.4 Å². The Morgan fingerprint density at radius 1 is 1.07 bits per heavy atom. The molecule has 2 N–H and O–H groups in total. The number of primary amides is 1. The van der Waals surface area contributed by atoms with Gasteiger partial charge in [-0.05, 0) is 42.5 Å². The van der Waals surface area contributed by atoms with Crippen molar-refractivity contribution in [1.29, 1.82) is 0 Å². The molecule has 28 heavy (non-hydrogen) atoms. The molecule has 1 heterocycles. The second-order valence-electron chi connectivity index (χ2n) is 6.45. The number of rotatable bonds is 6. The Hall–Kier alpha value is -2.80. The fourth-order valence-corrected chi connectivity index (χ4v) is 3.27. The molecule has 2 aromatic carbocycles. The molecule has 6 nitrogen and oxygen atoms in total. The van der Waals surface area contributed by atoms with Crippen LogP contribution in [0.15, 0.2) is 42.5 Å². The van der Waals surface area contributed by atoms with Crippen LogP contribution in [0.25, 0.3) is 0 Å². The summed E-state index contributed by atoms with van der Waals surface area (Å²) in [6.07, 6.45) is 0.223. The highest BCUT2D eigenvalue weighted by molar-refractivity contribution is 6.32. The molecular formula is C20H21ClFN3O3. The van der Waals surface area contributed by atoms with Gasteiger partial charge in [-0.1, -0.05) is 11.6 Å². The van der Waals surface area contributed by atoms with Gasteiger partial charge < -0.3 is 20.3 Å². The van der Waals surface area contributed by atoms with E-state index >= 15 is 0 Å². The summed E-state index contributed by atoms with van der Waals surface area (Å²) in [6, 6.07) is 11.0. The standard InChI is InChI=1S/C20H21ClFN3O3/c21-17-13-15(22)3-6-18(17)28-12-7-19(26)25-10-8-24(9-11-25)16-4-1-14(2-5-16)20(23)27/h1-6,13H,7-12H2,(H2,23,27). The van der Waals surface area contributed by atoms with E-state index in [0.29, 0.717) is 37.5 Å². The summed E-state index contributed by atoms with van der Waals surface area (Å²) in [4.78, 5) is 27.5. The van der Waals surface area contributed by atoms with Crippen LogP contribution in [-0.4, -0.2) is 49.5 Å². The highest BCUT2D eigenvalue weighted by Crippen LogP contribution is 2.25. The predicted octanol–water partition coefficient (Wildman–Crippen LogP) is 2.70. The molecule has 148 valence electrons. The minimum absolute atomic E-state index is 0.00182. The largest absolute Gasteiger partial charge is 0.491 e. The molecule has 0 spiro atoms. The van der Waals surface area contributed by atoms with Gasteiger partial charge in [0.25, 0.3) is 0 Å². The SMILES string of the molecule is NC(=O)c1ccc(N2CCN(C(=O)CCOc3ccc(F)cc3Cl)CC2)cc1. The molecule has 1 saturated heterocycles. The molecule has 3 rings (SSSR count). The van der Waals surface area contributed by atoms with Crippen molar-refractivity contribution in [2.75, 3.05) is 37.7 Å². The third-order valence-corrected chi connectivity index (χ3v) is 4.91. The van der Waals surface area contributed by atoms with Crippen LogP contribution in [0.4, 0.5) is 10.1 Å². The number of nitrogens with two attached hydrogens (primary N) is 1. The van der Waals surface area contributed by atoms with Gasteiger partial charge in [-0.15, -0.1) is 0 Å². The molecule has 0 atom stereocenters. The fraction of sp³-hybridized carbons (Fsp3) is 0.300. The van der Waals surface area contributed by atoms with Crippen molar-refractivity contribution in [3.05, 3.63) is 58.9 Å². The summed E-state index contributed by atoms with van der Waals surface area (Å²) in [5.74, 6) is -0.524. The van der Waals surface area contributed by atoms with Crippen molar-refractivity contribution < 1.29 is 18.7 Å². The lowest BCUT2D eigenvalue weighted by Gasteiger charge is -2.36. The molecule has 2 amide bonds. The van der Waals surface area contributed by atoms with Crippen molar-refractivity contribution in [3.63, 3.8) is 0 Å². The fourth-order valence-electron chi connectivity index (χ4n) is 3.05. The Bertz CT molecular complexity index is 852. The van der Waals surface area contributed by atoms with Crippen LogP contribution in [0.3, 0.4) is 0 Å². The number of carbonyl (C=O) groups is 2. The summed E-state index contributed by atoms with van der Waals surface area (Å²) >= 11 is 5.90. The van der Waals surface area contributed by atoms with Crippen LogP contribution in [0.2, 0.25) is 5.02 Å². The Morgan fingerprint density at radius 2 is 1.75 bits per heavy atom. The number of ether oxygens (including phenoxy) is 1. The Balaban J connectivity index is 1.45. The normalized spacial score (nSPS) is 14.1. The van der Waals surface area contributed by atoms with E-state index in [2.05, 4.69) is 4.90 Å². The second-order valence-corrected chi connectivity index (χ2v) is 6.86. The average Bonchev–Trinajstić information content (AvgIpc) is 2.69. The van der Waals surface area contributed by atoms with Crippen molar-refractivity contribution in [2.24, 2.45) is 5.73 Å². The van der Waals surface area contributed by atoms with Gasteiger partial charge in [0.05, 0.1) is 18.1 Å². The van der Waals surface area contributed by atoms with E-state index in [1.807, 2.05) is 12.1 Å². The lowest BCUT2D eigenvalue weighted by Crippen LogP contribution is -2.49. The minimum atomic E-state index is -0.453. The quantitative estimate of drug-likeness (QED) is 0.801. The molecule has 8 heteroatoms. The first-order valence-corrected chi connectivity index (χ1v) is 9.32. The number of halogens is 2. The number of amides is 2. The zero-order valence-corrected chi connectivity index (χ0v) is 16.0. The highest BCUT2D eigenvalue weighted by Gasteiger charge is 2.21. The summed E-state index contributed by atoms with van der Waals surface area (Å²) < 4.78 is 18.5. The maximum Gasteiger partial charge on any atom is 0.248 e. The van der Waals surface area contributed by atoms with Crippen LogP contribution in [0.5, 0.6) is 5.75 Å². The topological polar surface area (TPSA) is 75.9 Å². The first kappa shape index (κ1) is 19.9. The van der Waals surface area contributed by atoms with E-state index in [0.717, 1.165) is 5.69 Å². The number of benzene rings is 2. The van der Waals surface area contributed by atoms with E-state index in [9.17, 15) is 14.0 Å². The van der Waals surface area contributed by atoms with Gasteiger partial charge in [0, 0.05) is 37.4 Å². The zero-order valence-electron chi connectivity index (χ0n) is 15.2. The summed E-state index contributed by atoms with van der Waals surface area (Å²) in [5, 5.41) is 0.184. The smallest absolute Gasteiger partial charge is 0.248 e. The van der Waals surface area contributed by atoms with Gasteiger partial charge in [0.2, 0.25) is 11.8 Å². The van der Waals surface area contributed by atoms with Gasteiger partial charge in [-0.2, -0.15) is 0 Å². The molecule has 1 aliphatic heterocycles. The number of carbonyl (C=O) groups excluding carboxylic acids is 2. The monoisotopic (exact) mass is 405 g/mol. The van der Waals surface area contributed by atoms with E-state index < -0.39 is 11.7 Å². The zero-order chi connectivity index (χ0) is 20.1. The first-order chi connectivity index (χ1) is 13.4. The number of nitrogens with zero attached hydrogens (tertiary/aromatic N) is 2. The molecule has 0 bridgehead atoms. The number of anilines is 1. The maximum atomic E-state index is 13.0. The van der Waals surface area contributed by atoms with Crippen LogP contribution in [-0.2, 0) is 4.79 Å². The first-order valence-electron chi connectivity index (χ1n) is 8.94. The summed E-state index contributed by atoms with van der Waals surface area (Å²) in [6.45, 7) is 2.79. The van der Waals surface area contributed by atoms with Gasteiger partial charge in [0.1, 0.15) is 11.6 Å². The molecular weight excluding hydrogens is 385 g/mol. The van der Waals surface area contributed by atoms with Gasteiger partial charge in [0.15, 0.2) is 0 Å².